The second-order valence-electron chi connectivity index (χ2n) is 10.4. The summed E-state index contributed by atoms with van der Waals surface area (Å²) in [5, 5.41) is 8.18. The first-order chi connectivity index (χ1) is 16.2. The number of hydrazone groups is 1. The second-order valence-corrected chi connectivity index (χ2v) is 10.4. The van der Waals surface area contributed by atoms with Gasteiger partial charge in [-0.3, -0.25) is 4.79 Å². The predicted molar refractivity (Wildman–Crippen MR) is 141 cm³/mol. The van der Waals surface area contributed by atoms with Crippen molar-refractivity contribution < 1.29 is 4.79 Å². The van der Waals surface area contributed by atoms with Crippen LogP contribution in [0, 0.1) is 16.2 Å². The van der Waals surface area contributed by atoms with Crippen molar-refractivity contribution in [2.24, 2.45) is 27.5 Å². The highest BCUT2D eigenvalue weighted by Gasteiger charge is 2.28. The Labute approximate surface area is 202 Å². The van der Waals surface area contributed by atoms with Gasteiger partial charge in [-0.1, -0.05) is 57.4 Å². The van der Waals surface area contributed by atoms with E-state index in [1.807, 2.05) is 25.1 Å². The fraction of sp³-hybridized carbons (Fsp3) is 0.556. The molecule has 1 atom stereocenters. The number of carbonyl (C=O) groups is 1. The lowest BCUT2D eigenvalue weighted by molar-refractivity contribution is -0.122. The van der Waals surface area contributed by atoms with E-state index in [0.29, 0.717) is 5.41 Å². The van der Waals surface area contributed by atoms with Gasteiger partial charge < -0.3 is 15.7 Å². The van der Waals surface area contributed by atoms with E-state index < -0.39 is 0 Å². The lowest BCUT2D eigenvalue weighted by atomic mass is 9.73. The van der Waals surface area contributed by atoms with Crippen molar-refractivity contribution in [3.63, 3.8) is 0 Å². The number of nitrogens with two attached hydrogens (primary N) is 1. The number of amides is 1. The van der Waals surface area contributed by atoms with E-state index in [2.05, 4.69) is 49.0 Å². The maximum atomic E-state index is 13.2. The quantitative estimate of drug-likeness (QED) is 0.187. The first kappa shape index (κ1) is 25.7. The molecule has 3 rings (SSSR count). The fourth-order valence-corrected chi connectivity index (χ4v) is 5.04. The molecule has 1 aliphatic rings. The van der Waals surface area contributed by atoms with Crippen molar-refractivity contribution in [3.8, 4) is 0 Å². The molecule has 1 aromatic heterocycles. The van der Waals surface area contributed by atoms with Crippen LogP contribution in [0.3, 0.4) is 0 Å². The number of rotatable bonds is 10. The monoisotopic (exact) mass is 465 g/mol. The third-order valence-electron chi connectivity index (χ3n) is 6.99. The summed E-state index contributed by atoms with van der Waals surface area (Å²) in [6, 6.07) is 7.96. The number of carbonyl (C=O) groups excluding carboxylic acids is 1. The molecular weight excluding hydrogens is 426 g/mol. The molecule has 1 heterocycles. The van der Waals surface area contributed by atoms with Crippen LogP contribution in [0.1, 0.15) is 78.8 Å². The van der Waals surface area contributed by atoms with Gasteiger partial charge in [-0.05, 0) is 61.8 Å². The van der Waals surface area contributed by atoms with E-state index >= 15 is 0 Å². The lowest BCUT2D eigenvalue weighted by Gasteiger charge is -2.32. The summed E-state index contributed by atoms with van der Waals surface area (Å²) in [5.41, 5.74) is 6.19. The lowest BCUT2D eigenvalue weighted by Crippen LogP contribution is -2.37. The van der Waals surface area contributed by atoms with Crippen LogP contribution in [0.4, 0.5) is 5.69 Å². The van der Waals surface area contributed by atoms with Crippen molar-refractivity contribution in [1.29, 1.82) is 0 Å². The summed E-state index contributed by atoms with van der Waals surface area (Å²) in [5.74, 6) is 5.79. The zero-order chi connectivity index (χ0) is 24.9. The molecule has 1 amide bonds. The van der Waals surface area contributed by atoms with Crippen LogP contribution in [-0.2, 0) is 4.79 Å². The molecule has 7 nitrogen and oxygen atoms in total. The number of nitrogens with one attached hydrogen (secondary N) is 1. The van der Waals surface area contributed by atoms with E-state index in [1.54, 1.807) is 4.90 Å². The van der Waals surface area contributed by atoms with Gasteiger partial charge in [-0.15, -0.1) is 0 Å². The molecule has 0 aliphatic heterocycles. The molecular formula is C27H39N5O2. The van der Waals surface area contributed by atoms with Crippen molar-refractivity contribution in [3.05, 3.63) is 46.0 Å². The summed E-state index contributed by atoms with van der Waals surface area (Å²) >= 11 is 0. The molecule has 1 aromatic carbocycles. The Morgan fingerprint density at radius 3 is 2.71 bits per heavy atom. The van der Waals surface area contributed by atoms with E-state index in [1.165, 1.54) is 11.1 Å². The Bertz CT molecular complexity index is 1100. The molecule has 184 valence electrons. The van der Waals surface area contributed by atoms with Crippen LogP contribution >= 0.6 is 0 Å². The summed E-state index contributed by atoms with van der Waals surface area (Å²) in [6.45, 7) is 11.2. The highest BCUT2D eigenvalue weighted by Crippen LogP contribution is 2.39. The zero-order valence-corrected chi connectivity index (χ0v) is 21.3. The van der Waals surface area contributed by atoms with Crippen LogP contribution in [0.15, 0.2) is 45.7 Å². The minimum atomic E-state index is -0.108. The molecule has 7 heteroatoms. The summed E-state index contributed by atoms with van der Waals surface area (Å²) in [7, 11) is 0. The van der Waals surface area contributed by atoms with E-state index in [4.69, 9.17) is 5.84 Å². The molecule has 1 unspecified atom stereocenters. The van der Waals surface area contributed by atoms with E-state index in [-0.39, 0.29) is 24.9 Å². The third kappa shape index (κ3) is 5.75. The molecule has 0 radical (unpaired) electrons. The maximum absolute atomic E-state index is 13.2. The third-order valence-corrected chi connectivity index (χ3v) is 6.99. The van der Waals surface area contributed by atoms with E-state index in [9.17, 15) is 9.70 Å². The highest BCUT2D eigenvalue weighted by atomic mass is 16.3. The number of anilines is 1. The molecule has 0 saturated heterocycles. The number of H-pyrrole nitrogens is 1. The average Bonchev–Trinajstić information content (AvgIpc) is 3.22. The Morgan fingerprint density at radius 2 is 2.06 bits per heavy atom. The van der Waals surface area contributed by atoms with Crippen molar-refractivity contribution >= 4 is 28.2 Å². The Balaban J connectivity index is 1.93. The van der Waals surface area contributed by atoms with Crippen LogP contribution < -0.4 is 10.7 Å². The van der Waals surface area contributed by atoms with Gasteiger partial charge in [0.05, 0.1) is 12.2 Å². The number of fused-ring (bicyclic) bond motifs is 1. The predicted octanol–water partition coefficient (Wildman–Crippen LogP) is 6.28. The van der Waals surface area contributed by atoms with Gasteiger partial charge in [0.2, 0.25) is 5.91 Å². The summed E-state index contributed by atoms with van der Waals surface area (Å²) in [6.07, 6.45) is 5.95. The molecule has 2 aromatic rings. The first-order valence-corrected chi connectivity index (χ1v) is 12.4. The SMILES string of the molecule is CCCCC(C)C(=O)N(CCN=O)c1ccc2cc(/C(=N/N)C3=C(C)CC(C)(C)CC3)[nH]c2c1. The van der Waals surface area contributed by atoms with Gasteiger partial charge in [-0.25, -0.2) is 0 Å². The van der Waals surface area contributed by atoms with Crippen LogP contribution in [-0.4, -0.2) is 29.7 Å². The normalized spacial score (nSPS) is 17.1. The number of aromatic nitrogens is 1. The van der Waals surface area contributed by atoms with Crippen molar-refractivity contribution in [1.82, 2.24) is 4.98 Å². The molecule has 34 heavy (non-hydrogen) atoms. The van der Waals surface area contributed by atoms with Crippen LogP contribution in [0.5, 0.6) is 0 Å². The van der Waals surface area contributed by atoms with Gasteiger partial charge in [-0.2, -0.15) is 10.0 Å². The number of unbranched alkanes of at least 4 members (excludes halogenated alkanes) is 1. The summed E-state index contributed by atoms with van der Waals surface area (Å²) < 4.78 is 0. The number of nitroso groups, excluding NO2 is 1. The number of hydrogen-bond acceptors (Lipinski definition) is 5. The molecule has 0 saturated carbocycles. The smallest absolute Gasteiger partial charge is 0.229 e. The van der Waals surface area contributed by atoms with Gasteiger partial charge >= 0.3 is 0 Å². The minimum Gasteiger partial charge on any atom is -0.353 e. The zero-order valence-electron chi connectivity index (χ0n) is 21.3. The number of aromatic amines is 1. The maximum Gasteiger partial charge on any atom is 0.229 e. The number of benzene rings is 1. The minimum absolute atomic E-state index is 0.0260. The standard InChI is InChI=1S/C27H39N5O2/c1-6-7-8-18(2)26(33)32(14-13-29-34)21-10-9-20-15-24(30-23(20)16-21)25(31-28)22-11-12-27(4,5)17-19(22)3/h9-10,15-16,18,30H,6-8,11-14,17,28H2,1-5H3/b31-25+. The fourth-order valence-electron chi connectivity index (χ4n) is 5.04. The van der Waals surface area contributed by atoms with Gasteiger partial charge in [0.1, 0.15) is 5.71 Å². The van der Waals surface area contributed by atoms with Crippen molar-refractivity contribution in [2.75, 3.05) is 18.0 Å². The molecule has 0 bridgehead atoms. The van der Waals surface area contributed by atoms with Crippen molar-refractivity contribution in [2.45, 2.75) is 73.1 Å². The number of allylic oxidation sites excluding steroid dienone is 2. The van der Waals surface area contributed by atoms with Gasteiger partial charge in [0.25, 0.3) is 0 Å². The molecule has 1 aliphatic carbocycles. The van der Waals surface area contributed by atoms with Crippen LogP contribution in [0.2, 0.25) is 0 Å². The largest absolute Gasteiger partial charge is 0.353 e. The number of hydrogen-bond donors (Lipinski definition) is 2. The van der Waals surface area contributed by atoms with Gasteiger partial charge in [0.15, 0.2) is 0 Å². The molecule has 0 spiro atoms. The first-order valence-electron chi connectivity index (χ1n) is 12.4. The van der Waals surface area contributed by atoms with E-state index in [0.717, 1.165) is 66.5 Å². The number of nitrogens with zero attached hydrogens (tertiary/aromatic N) is 3. The molecule has 3 N–H and O–H groups in total. The summed E-state index contributed by atoms with van der Waals surface area (Å²) in [4.78, 5) is 29.2. The second kappa shape index (κ2) is 11.0. The highest BCUT2D eigenvalue weighted by molar-refractivity contribution is 6.14. The topological polar surface area (TPSA) is 104 Å². The Kier molecular flexibility index (Phi) is 8.28. The Morgan fingerprint density at radius 1 is 1.29 bits per heavy atom. The Hall–Kier alpha value is -2.96. The van der Waals surface area contributed by atoms with Crippen LogP contribution in [0.25, 0.3) is 10.9 Å². The molecule has 0 fully saturated rings. The van der Waals surface area contributed by atoms with Gasteiger partial charge in [0, 0.05) is 29.1 Å². The average molecular weight is 466 g/mol.